The van der Waals surface area contributed by atoms with Crippen LogP contribution in [0, 0.1) is 25.2 Å². The molecule has 100 valence electrons. The zero-order chi connectivity index (χ0) is 13.5. The standard InChI is InChI=1S/C16H24BrN/c1-10-6-13(7-11(2)15(10)17)18-14-9-16(4,5)8-12(14)3/h6-7,12,14,18H,8-9H2,1-5H3. The lowest BCUT2D eigenvalue weighted by atomic mass is 9.91. The summed E-state index contributed by atoms with van der Waals surface area (Å²) in [6.07, 6.45) is 2.58. The second-order valence-corrected chi connectivity index (χ2v) is 7.52. The Kier molecular flexibility index (Phi) is 3.77. The van der Waals surface area contributed by atoms with Gasteiger partial charge in [-0.2, -0.15) is 0 Å². The van der Waals surface area contributed by atoms with Gasteiger partial charge in [-0.3, -0.25) is 0 Å². The van der Waals surface area contributed by atoms with E-state index in [-0.39, 0.29) is 0 Å². The molecular formula is C16H24BrN. The number of halogens is 1. The molecule has 2 unspecified atom stereocenters. The van der Waals surface area contributed by atoms with E-state index in [2.05, 4.69) is 68.0 Å². The van der Waals surface area contributed by atoms with Crippen LogP contribution in [0.4, 0.5) is 5.69 Å². The molecule has 0 heterocycles. The van der Waals surface area contributed by atoms with Crippen molar-refractivity contribution in [1.82, 2.24) is 0 Å². The smallest absolute Gasteiger partial charge is 0.0348 e. The molecule has 1 aliphatic rings. The summed E-state index contributed by atoms with van der Waals surface area (Å²) in [6.45, 7) is 11.4. The lowest BCUT2D eigenvalue weighted by molar-refractivity contribution is 0.366. The van der Waals surface area contributed by atoms with Crippen LogP contribution in [0.1, 0.15) is 44.7 Å². The minimum absolute atomic E-state index is 0.483. The monoisotopic (exact) mass is 309 g/mol. The van der Waals surface area contributed by atoms with Crippen molar-refractivity contribution in [2.45, 2.75) is 53.5 Å². The Morgan fingerprint density at radius 3 is 2.17 bits per heavy atom. The average Bonchev–Trinajstić information content (AvgIpc) is 2.48. The molecular weight excluding hydrogens is 286 g/mol. The van der Waals surface area contributed by atoms with Crippen molar-refractivity contribution in [3.8, 4) is 0 Å². The number of rotatable bonds is 2. The molecule has 1 saturated carbocycles. The molecule has 0 aliphatic heterocycles. The van der Waals surface area contributed by atoms with Crippen molar-refractivity contribution >= 4 is 21.6 Å². The normalized spacial score (nSPS) is 26.3. The predicted molar refractivity (Wildman–Crippen MR) is 83.2 cm³/mol. The van der Waals surface area contributed by atoms with Gasteiger partial charge < -0.3 is 5.32 Å². The highest BCUT2D eigenvalue weighted by atomic mass is 79.9. The highest BCUT2D eigenvalue weighted by Crippen LogP contribution is 2.42. The first-order chi connectivity index (χ1) is 8.28. The third kappa shape index (κ3) is 2.90. The van der Waals surface area contributed by atoms with Gasteiger partial charge in [-0.1, -0.05) is 36.7 Å². The van der Waals surface area contributed by atoms with Crippen LogP contribution >= 0.6 is 15.9 Å². The molecule has 1 fully saturated rings. The maximum absolute atomic E-state index is 3.73. The highest BCUT2D eigenvalue weighted by molar-refractivity contribution is 9.10. The van der Waals surface area contributed by atoms with Crippen LogP contribution in [-0.4, -0.2) is 6.04 Å². The molecule has 1 aromatic rings. The molecule has 2 heteroatoms. The van der Waals surface area contributed by atoms with Crippen LogP contribution in [-0.2, 0) is 0 Å². The van der Waals surface area contributed by atoms with E-state index in [4.69, 9.17) is 0 Å². The Balaban J connectivity index is 2.15. The van der Waals surface area contributed by atoms with Crippen LogP contribution in [0.15, 0.2) is 16.6 Å². The molecule has 0 radical (unpaired) electrons. The van der Waals surface area contributed by atoms with Crippen molar-refractivity contribution in [1.29, 1.82) is 0 Å². The number of nitrogens with one attached hydrogen (secondary N) is 1. The fourth-order valence-corrected chi connectivity index (χ4v) is 3.56. The summed E-state index contributed by atoms with van der Waals surface area (Å²) >= 11 is 3.63. The first-order valence-electron chi connectivity index (χ1n) is 6.82. The Labute approximate surface area is 119 Å². The Morgan fingerprint density at radius 1 is 1.17 bits per heavy atom. The van der Waals surface area contributed by atoms with E-state index in [0.717, 1.165) is 5.92 Å². The van der Waals surface area contributed by atoms with Crippen LogP contribution in [0.2, 0.25) is 0 Å². The zero-order valence-electron chi connectivity index (χ0n) is 12.1. The van der Waals surface area contributed by atoms with E-state index in [0.29, 0.717) is 11.5 Å². The first-order valence-corrected chi connectivity index (χ1v) is 7.61. The summed E-state index contributed by atoms with van der Waals surface area (Å²) in [5.74, 6) is 0.754. The lowest BCUT2D eigenvalue weighted by Crippen LogP contribution is -2.22. The van der Waals surface area contributed by atoms with Gasteiger partial charge in [0.1, 0.15) is 0 Å². The Morgan fingerprint density at radius 2 is 1.72 bits per heavy atom. The number of hydrogen-bond acceptors (Lipinski definition) is 1. The van der Waals surface area contributed by atoms with Crippen molar-refractivity contribution in [2.75, 3.05) is 5.32 Å². The van der Waals surface area contributed by atoms with Gasteiger partial charge in [-0.15, -0.1) is 0 Å². The fraction of sp³-hybridized carbons (Fsp3) is 0.625. The third-order valence-corrected chi connectivity index (χ3v) is 5.37. The van der Waals surface area contributed by atoms with Crippen LogP contribution in [0.5, 0.6) is 0 Å². The van der Waals surface area contributed by atoms with Crippen molar-refractivity contribution in [3.05, 3.63) is 27.7 Å². The Hall–Kier alpha value is -0.500. The van der Waals surface area contributed by atoms with E-state index in [9.17, 15) is 0 Å². The molecule has 1 aliphatic carbocycles. The number of anilines is 1. The van der Waals surface area contributed by atoms with Crippen molar-refractivity contribution < 1.29 is 0 Å². The SMILES string of the molecule is Cc1cc(NC2CC(C)(C)CC2C)cc(C)c1Br. The lowest BCUT2D eigenvalue weighted by Gasteiger charge is -2.21. The zero-order valence-corrected chi connectivity index (χ0v) is 13.7. The van der Waals surface area contributed by atoms with Crippen LogP contribution in [0.3, 0.4) is 0 Å². The van der Waals surface area contributed by atoms with E-state index in [1.807, 2.05) is 0 Å². The molecule has 0 aromatic heterocycles. The summed E-state index contributed by atoms with van der Waals surface area (Å²) in [4.78, 5) is 0. The predicted octanol–water partition coefficient (Wildman–Crippen LogP) is 5.30. The van der Waals surface area contributed by atoms with Gasteiger partial charge in [-0.25, -0.2) is 0 Å². The fourth-order valence-electron chi connectivity index (χ4n) is 3.33. The van der Waals surface area contributed by atoms with E-state index < -0.39 is 0 Å². The van der Waals surface area contributed by atoms with Crippen molar-refractivity contribution in [2.24, 2.45) is 11.3 Å². The number of aryl methyl sites for hydroxylation is 2. The second kappa shape index (κ2) is 4.88. The molecule has 1 N–H and O–H groups in total. The van der Waals surface area contributed by atoms with E-state index in [1.165, 1.54) is 34.1 Å². The summed E-state index contributed by atoms with van der Waals surface area (Å²) < 4.78 is 1.23. The minimum atomic E-state index is 0.483. The summed E-state index contributed by atoms with van der Waals surface area (Å²) in [7, 11) is 0. The van der Waals surface area contributed by atoms with Gasteiger partial charge in [0.05, 0.1) is 0 Å². The van der Waals surface area contributed by atoms with Gasteiger partial charge >= 0.3 is 0 Å². The molecule has 1 aromatic carbocycles. The molecule has 0 amide bonds. The summed E-state index contributed by atoms with van der Waals surface area (Å²) in [5, 5.41) is 3.73. The van der Waals surface area contributed by atoms with Gasteiger partial charge in [-0.05, 0) is 61.3 Å². The molecule has 2 atom stereocenters. The largest absolute Gasteiger partial charge is 0.382 e. The molecule has 2 rings (SSSR count). The second-order valence-electron chi connectivity index (χ2n) is 6.72. The summed E-state index contributed by atoms with van der Waals surface area (Å²) in [5.41, 5.74) is 4.36. The Bertz CT molecular complexity index is 427. The molecule has 18 heavy (non-hydrogen) atoms. The topological polar surface area (TPSA) is 12.0 Å². The molecule has 0 bridgehead atoms. The van der Waals surface area contributed by atoms with Gasteiger partial charge in [0.2, 0.25) is 0 Å². The first kappa shape index (κ1) is 13.9. The summed E-state index contributed by atoms with van der Waals surface area (Å²) in [6, 6.07) is 5.10. The van der Waals surface area contributed by atoms with E-state index in [1.54, 1.807) is 0 Å². The third-order valence-electron chi connectivity index (χ3n) is 4.12. The quantitative estimate of drug-likeness (QED) is 0.781. The van der Waals surface area contributed by atoms with Crippen LogP contribution < -0.4 is 5.32 Å². The average molecular weight is 310 g/mol. The highest BCUT2D eigenvalue weighted by Gasteiger charge is 2.36. The van der Waals surface area contributed by atoms with E-state index >= 15 is 0 Å². The molecule has 0 saturated heterocycles. The van der Waals surface area contributed by atoms with Crippen LogP contribution in [0.25, 0.3) is 0 Å². The van der Waals surface area contributed by atoms with Gasteiger partial charge in [0.15, 0.2) is 0 Å². The molecule has 0 spiro atoms. The maximum atomic E-state index is 3.73. The minimum Gasteiger partial charge on any atom is -0.382 e. The van der Waals surface area contributed by atoms with Gasteiger partial charge in [0.25, 0.3) is 0 Å². The number of benzene rings is 1. The van der Waals surface area contributed by atoms with Gasteiger partial charge in [0, 0.05) is 16.2 Å². The van der Waals surface area contributed by atoms with Crippen molar-refractivity contribution in [3.63, 3.8) is 0 Å². The number of hydrogen-bond donors (Lipinski definition) is 1. The maximum Gasteiger partial charge on any atom is 0.0348 e. The molecule has 1 nitrogen and oxygen atoms in total.